The largest absolute Gasteiger partial charge is 0.479 e. The van der Waals surface area contributed by atoms with Gasteiger partial charge in [-0.15, -0.1) is 0 Å². The molecule has 2 amide bonds. The lowest BCUT2D eigenvalue weighted by molar-refractivity contribution is -0.155. The summed E-state index contributed by atoms with van der Waals surface area (Å²) in [5.74, 6) is -1.55. The molecule has 1 atom stereocenters. The summed E-state index contributed by atoms with van der Waals surface area (Å²) < 4.78 is 38.0. The lowest BCUT2D eigenvalue weighted by atomic mass is 10.1. The molecule has 1 rings (SSSR count). The predicted molar refractivity (Wildman–Crippen MR) is 74.4 cm³/mol. The first-order chi connectivity index (χ1) is 9.91. The molecule has 122 valence electrons. The number of anilines is 1. The van der Waals surface area contributed by atoms with E-state index in [1.165, 1.54) is 6.07 Å². The molecule has 0 aliphatic heterocycles. The van der Waals surface area contributed by atoms with E-state index in [4.69, 9.17) is 5.11 Å². The first-order valence-corrected chi connectivity index (χ1v) is 6.59. The highest BCUT2D eigenvalue weighted by atomic mass is 79.9. The Morgan fingerprint density at radius 1 is 1.27 bits per heavy atom. The van der Waals surface area contributed by atoms with Crippen LogP contribution >= 0.6 is 15.9 Å². The van der Waals surface area contributed by atoms with Gasteiger partial charge in [-0.3, -0.25) is 0 Å². The quantitative estimate of drug-likeness (QED) is 0.640. The molecule has 1 aromatic rings. The van der Waals surface area contributed by atoms with Gasteiger partial charge in [0.2, 0.25) is 0 Å². The number of amides is 2. The smallest absolute Gasteiger partial charge is 0.416 e. The predicted octanol–water partition coefficient (Wildman–Crippen LogP) is 2.42. The molecule has 6 nitrogen and oxygen atoms in total. The summed E-state index contributed by atoms with van der Waals surface area (Å²) in [6.45, 7) is 0.352. The second-order valence-electron chi connectivity index (χ2n) is 4.61. The number of hydrogen-bond acceptors (Lipinski definition) is 3. The van der Waals surface area contributed by atoms with Gasteiger partial charge in [0.25, 0.3) is 0 Å². The van der Waals surface area contributed by atoms with Gasteiger partial charge < -0.3 is 20.8 Å². The number of carboxylic acid groups (broad SMARTS) is 1. The highest BCUT2D eigenvalue weighted by Gasteiger charge is 2.32. The van der Waals surface area contributed by atoms with Crippen molar-refractivity contribution in [2.75, 3.05) is 11.9 Å². The van der Waals surface area contributed by atoms with Crippen LogP contribution in [-0.2, 0) is 11.0 Å². The Morgan fingerprint density at radius 2 is 1.86 bits per heavy atom. The second-order valence-corrected chi connectivity index (χ2v) is 5.53. The number of carboxylic acids is 1. The minimum atomic E-state index is -4.58. The molecule has 0 fully saturated rings. The molecule has 0 saturated heterocycles. The summed E-state index contributed by atoms with van der Waals surface area (Å²) in [6, 6.07) is 1.86. The lowest BCUT2D eigenvalue weighted by Crippen LogP contribution is -2.47. The maximum Gasteiger partial charge on any atom is 0.416 e. The molecular formula is C12H12BrF3N2O4. The molecule has 0 bridgehead atoms. The zero-order valence-electron chi connectivity index (χ0n) is 11.2. The number of urea groups is 1. The second kappa shape index (κ2) is 6.53. The third-order valence-corrected chi connectivity index (χ3v) is 2.99. The van der Waals surface area contributed by atoms with Crippen LogP contribution in [0.1, 0.15) is 12.5 Å². The number of halogens is 4. The van der Waals surface area contributed by atoms with Gasteiger partial charge in [0.05, 0.1) is 12.1 Å². The first kappa shape index (κ1) is 18.2. The van der Waals surface area contributed by atoms with Crippen LogP contribution in [0.3, 0.4) is 0 Å². The van der Waals surface area contributed by atoms with E-state index in [0.29, 0.717) is 0 Å². The number of carbonyl (C=O) groups excluding carboxylic acids is 1. The van der Waals surface area contributed by atoms with Gasteiger partial charge in [0, 0.05) is 10.2 Å². The minimum Gasteiger partial charge on any atom is -0.479 e. The summed E-state index contributed by atoms with van der Waals surface area (Å²) in [4.78, 5) is 22.2. The molecule has 1 aromatic carbocycles. The summed E-state index contributed by atoms with van der Waals surface area (Å²) in [7, 11) is 0. The van der Waals surface area contributed by atoms with E-state index < -0.39 is 35.9 Å². The maximum absolute atomic E-state index is 12.6. The monoisotopic (exact) mass is 384 g/mol. The van der Waals surface area contributed by atoms with Crippen molar-refractivity contribution in [3.8, 4) is 0 Å². The average molecular weight is 385 g/mol. The lowest BCUT2D eigenvalue weighted by Gasteiger charge is -2.18. The van der Waals surface area contributed by atoms with Crippen LogP contribution in [0, 0.1) is 0 Å². The maximum atomic E-state index is 12.6. The topological polar surface area (TPSA) is 98.7 Å². The number of nitrogens with one attached hydrogen (secondary N) is 2. The highest BCUT2D eigenvalue weighted by molar-refractivity contribution is 9.10. The zero-order valence-corrected chi connectivity index (χ0v) is 12.7. The van der Waals surface area contributed by atoms with Crippen LogP contribution < -0.4 is 10.6 Å². The van der Waals surface area contributed by atoms with Crippen molar-refractivity contribution in [2.45, 2.75) is 18.7 Å². The number of carbonyl (C=O) groups is 2. The number of benzene rings is 1. The van der Waals surface area contributed by atoms with Crippen molar-refractivity contribution in [1.29, 1.82) is 0 Å². The molecule has 0 aliphatic carbocycles. The normalized spacial score (nSPS) is 14.1. The Morgan fingerprint density at radius 3 is 2.36 bits per heavy atom. The average Bonchev–Trinajstić information content (AvgIpc) is 2.34. The molecule has 0 radical (unpaired) electrons. The van der Waals surface area contributed by atoms with E-state index in [2.05, 4.69) is 26.6 Å². The molecule has 10 heteroatoms. The number of aliphatic hydroxyl groups is 1. The van der Waals surface area contributed by atoms with E-state index >= 15 is 0 Å². The Kier molecular flexibility index (Phi) is 5.41. The Balaban J connectivity index is 2.77. The van der Waals surface area contributed by atoms with Crippen molar-refractivity contribution in [1.82, 2.24) is 5.32 Å². The highest BCUT2D eigenvalue weighted by Crippen LogP contribution is 2.33. The molecule has 0 aliphatic rings. The summed E-state index contributed by atoms with van der Waals surface area (Å²) in [5.41, 5.74) is -3.30. The van der Waals surface area contributed by atoms with Gasteiger partial charge in [-0.25, -0.2) is 9.59 Å². The van der Waals surface area contributed by atoms with Gasteiger partial charge >= 0.3 is 18.2 Å². The van der Waals surface area contributed by atoms with Crippen LogP contribution in [0.5, 0.6) is 0 Å². The Labute approximate surface area is 131 Å². The van der Waals surface area contributed by atoms with E-state index in [1.54, 1.807) is 0 Å². The fourth-order valence-electron chi connectivity index (χ4n) is 1.33. The van der Waals surface area contributed by atoms with Crippen LogP contribution in [0.2, 0.25) is 0 Å². The van der Waals surface area contributed by atoms with Crippen molar-refractivity contribution in [3.05, 3.63) is 28.2 Å². The third-order valence-electron chi connectivity index (χ3n) is 2.54. The van der Waals surface area contributed by atoms with Crippen molar-refractivity contribution < 1.29 is 33.0 Å². The molecule has 4 N–H and O–H groups in total. The van der Waals surface area contributed by atoms with Crippen molar-refractivity contribution in [2.24, 2.45) is 0 Å². The number of alkyl halides is 3. The Bertz CT molecular complexity index is 590. The van der Waals surface area contributed by atoms with Crippen LogP contribution in [0.4, 0.5) is 23.7 Å². The van der Waals surface area contributed by atoms with Gasteiger partial charge in [-0.2, -0.15) is 13.2 Å². The number of hydrogen-bond donors (Lipinski definition) is 4. The van der Waals surface area contributed by atoms with E-state index in [1.807, 2.05) is 0 Å². The fraction of sp³-hybridized carbons (Fsp3) is 0.333. The van der Waals surface area contributed by atoms with Gasteiger partial charge in [-0.05, 0) is 25.1 Å². The van der Waals surface area contributed by atoms with Crippen molar-refractivity contribution in [3.63, 3.8) is 0 Å². The summed E-state index contributed by atoms with van der Waals surface area (Å²) in [6.07, 6.45) is -4.58. The SMILES string of the molecule is CC(O)(CNC(=O)Nc1cc(Br)cc(C(F)(F)F)c1)C(=O)O. The molecule has 0 aromatic heterocycles. The molecule has 22 heavy (non-hydrogen) atoms. The number of rotatable bonds is 4. The minimum absolute atomic E-state index is 0.107. The van der Waals surface area contributed by atoms with Crippen LogP contribution in [0.25, 0.3) is 0 Å². The number of aliphatic carboxylic acids is 1. The standard InChI is InChI=1S/C12H12BrF3N2O4/c1-11(22,9(19)20)5-17-10(21)18-8-3-6(12(14,15)16)2-7(13)4-8/h2-4,22H,5H2,1H3,(H,19,20)(H2,17,18,21). The third kappa shape index (κ3) is 5.19. The van der Waals surface area contributed by atoms with E-state index in [0.717, 1.165) is 19.1 Å². The zero-order chi connectivity index (χ0) is 17.1. The molecule has 0 spiro atoms. The molecule has 1 unspecified atom stereocenters. The summed E-state index contributed by atoms with van der Waals surface area (Å²) in [5, 5.41) is 22.2. The first-order valence-electron chi connectivity index (χ1n) is 5.80. The van der Waals surface area contributed by atoms with E-state index in [-0.39, 0.29) is 10.2 Å². The van der Waals surface area contributed by atoms with Gasteiger partial charge in [0.1, 0.15) is 0 Å². The van der Waals surface area contributed by atoms with E-state index in [9.17, 15) is 27.9 Å². The molecule has 0 saturated carbocycles. The van der Waals surface area contributed by atoms with Gasteiger partial charge in [-0.1, -0.05) is 15.9 Å². The van der Waals surface area contributed by atoms with Crippen LogP contribution in [0.15, 0.2) is 22.7 Å². The van der Waals surface area contributed by atoms with Gasteiger partial charge in [0.15, 0.2) is 5.60 Å². The molecule has 0 heterocycles. The summed E-state index contributed by atoms with van der Waals surface area (Å²) >= 11 is 2.90. The van der Waals surface area contributed by atoms with Crippen LogP contribution in [-0.4, -0.2) is 34.4 Å². The fourth-order valence-corrected chi connectivity index (χ4v) is 1.82. The molecular weight excluding hydrogens is 373 g/mol. The Hall–Kier alpha value is -1.81. The van der Waals surface area contributed by atoms with Crippen molar-refractivity contribution >= 4 is 33.6 Å².